The summed E-state index contributed by atoms with van der Waals surface area (Å²) in [6.45, 7) is 7.86. The number of benzene rings is 1. The molecule has 2 rings (SSSR count). The van der Waals surface area contributed by atoms with Gasteiger partial charge in [0.1, 0.15) is 0 Å². The summed E-state index contributed by atoms with van der Waals surface area (Å²) in [5.74, 6) is -0.0554. The normalized spacial score (nSPS) is 19.4. The topological polar surface area (TPSA) is 69.7 Å². The average molecular weight is 339 g/mol. The second-order valence-corrected chi connectivity index (χ2v) is 8.19. The van der Waals surface area contributed by atoms with Crippen molar-refractivity contribution < 1.29 is 13.2 Å². The zero-order chi connectivity index (χ0) is 17.2. The minimum absolute atomic E-state index is 0.0554. The van der Waals surface area contributed by atoms with E-state index in [1.165, 1.54) is 16.4 Å². The molecule has 0 aromatic heterocycles. The highest BCUT2D eigenvalue weighted by Gasteiger charge is 2.26. The fourth-order valence-corrected chi connectivity index (χ4v) is 3.89. The smallest absolute Gasteiger partial charge is 0.254 e. The summed E-state index contributed by atoms with van der Waals surface area (Å²) in [5, 5.41) is 3.24. The molecule has 1 atom stereocenters. The van der Waals surface area contributed by atoms with E-state index >= 15 is 0 Å². The van der Waals surface area contributed by atoms with E-state index in [0.29, 0.717) is 12.1 Å². The molecule has 1 aromatic carbocycles. The molecule has 1 unspecified atom stereocenters. The number of amides is 1. The van der Waals surface area contributed by atoms with E-state index in [0.717, 1.165) is 13.1 Å². The van der Waals surface area contributed by atoms with Crippen LogP contribution in [0.1, 0.15) is 31.1 Å². The zero-order valence-electron chi connectivity index (χ0n) is 14.1. The summed E-state index contributed by atoms with van der Waals surface area (Å²) >= 11 is 0. The molecule has 0 saturated carbocycles. The number of nitrogens with one attached hydrogen (secondary N) is 1. The molecule has 128 valence electrons. The van der Waals surface area contributed by atoms with Gasteiger partial charge in [-0.3, -0.25) is 4.79 Å². The van der Waals surface area contributed by atoms with E-state index in [-0.39, 0.29) is 22.9 Å². The first kappa shape index (κ1) is 17.9. The Morgan fingerprint density at radius 3 is 2.43 bits per heavy atom. The van der Waals surface area contributed by atoms with Gasteiger partial charge in [0.2, 0.25) is 10.0 Å². The largest absolute Gasteiger partial charge is 0.333 e. The van der Waals surface area contributed by atoms with Gasteiger partial charge in [-0.2, -0.15) is 4.31 Å². The van der Waals surface area contributed by atoms with Gasteiger partial charge in [-0.05, 0) is 45.0 Å². The van der Waals surface area contributed by atoms with E-state index in [1.54, 1.807) is 19.2 Å². The van der Waals surface area contributed by atoms with Crippen molar-refractivity contribution in [1.82, 2.24) is 14.5 Å². The van der Waals surface area contributed by atoms with Crippen molar-refractivity contribution in [2.45, 2.75) is 37.8 Å². The Kier molecular flexibility index (Phi) is 5.44. The molecule has 7 heteroatoms. The van der Waals surface area contributed by atoms with Crippen LogP contribution >= 0.6 is 0 Å². The monoisotopic (exact) mass is 339 g/mol. The van der Waals surface area contributed by atoms with Crippen LogP contribution in [0, 0.1) is 0 Å². The predicted octanol–water partition coefficient (Wildman–Crippen LogP) is 1.15. The minimum atomic E-state index is -3.52. The van der Waals surface area contributed by atoms with Crippen molar-refractivity contribution >= 4 is 15.9 Å². The van der Waals surface area contributed by atoms with Gasteiger partial charge in [0.15, 0.2) is 0 Å². The molecule has 1 fully saturated rings. The molecule has 1 heterocycles. The predicted molar refractivity (Wildman–Crippen MR) is 89.9 cm³/mol. The molecule has 0 aliphatic carbocycles. The number of carbonyl (C=O) groups is 1. The lowest BCUT2D eigenvalue weighted by atomic mass is 10.1. The molecule has 1 aliphatic heterocycles. The number of rotatable bonds is 4. The maximum Gasteiger partial charge on any atom is 0.254 e. The van der Waals surface area contributed by atoms with Gasteiger partial charge in [-0.15, -0.1) is 0 Å². The molecular formula is C16H25N3O3S. The van der Waals surface area contributed by atoms with Gasteiger partial charge in [0.25, 0.3) is 5.91 Å². The maximum atomic E-state index is 12.6. The van der Waals surface area contributed by atoms with E-state index < -0.39 is 10.0 Å². The fourth-order valence-electron chi connectivity index (χ4n) is 2.52. The van der Waals surface area contributed by atoms with Crippen LogP contribution in [0.3, 0.4) is 0 Å². The van der Waals surface area contributed by atoms with Crippen LogP contribution in [0.4, 0.5) is 0 Å². The van der Waals surface area contributed by atoms with Crippen LogP contribution in [-0.2, 0) is 10.0 Å². The number of sulfonamides is 1. The van der Waals surface area contributed by atoms with Crippen LogP contribution in [-0.4, -0.2) is 62.3 Å². The van der Waals surface area contributed by atoms with Crippen LogP contribution in [0.15, 0.2) is 29.2 Å². The molecule has 1 N–H and O–H groups in total. The standard InChI is InChI=1S/C16H25N3O3S/c1-12(2)18(4)23(21,22)15-7-5-14(6-8-15)16(20)19-10-9-17-11-13(19)3/h5-8,12-13,17H,9-11H2,1-4H3. The summed E-state index contributed by atoms with van der Waals surface area (Å²) in [5.41, 5.74) is 0.518. The van der Waals surface area contributed by atoms with Gasteiger partial charge in [0, 0.05) is 44.3 Å². The van der Waals surface area contributed by atoms with Gasteiger partial charge < -0.3 is 10.2 Å². The highest BCUT2D eigenvalue weighted by Crippen LogP contribution is 2.18. The Hall–Kier alpha value is -1.44. The van der Waals surface area contributed by atoms with Crippen molar-refractivity contribution in [2.75, 3.05) is 26.7 Å². The number of piperazine rings is 1. The first-order valence-electron chi connectivity index (χ1n) is 7.85. The van der Waals surface area contributed by atoms with Crippen LogP contribution < -0.4 is 5.32 Å². The summed E-state index contributed by atoms with van der Waals surface area (Å²) in [4.78, 5) is 14.6. The second-order valence-electron chi connectivity index (χ2n) is 6.19. The summed E-state index contributed by atoms with van der Waals surface area (Å²) in [7, 11) is -1.96. The molecular weight excluding hydrogens is 314 g/mol. The molecule has 1 amide bonds. The molecule has 23 heavy (non-hydrogen) atoms. The molecule has 6 nitrogen and oxygen atoms in total. The zero-order valence-corrected chi connectivity index (χ0v) is 14.9. The first-order chi connectivity index (χ1) is 10.7. The number of nitrogens with zero attached hydrogens (tertiary/aromatic N) is 2. The van der Waals surface area contributed by atoms with Crippen molar-refractivity contribution in [3.8, 4) is 0 Å². The van der Waals surface area contributed by atoms with Gasteiger partial charge >= 0.3 is 0 Å². The van der Waals surface area contributed by atoms with Crippen molar-refractivity contribution in [3.05, 3.63) is 29.8 Å². The Labute approximate surface area is 138 Å². The second kappa shape index (κ2) is 6.98. The molecule has 0 bridgehead atoms. The minimum Gasteiger partial charge on any atom is -0.333 e. The SMILES string of the molecule is CC1CNCCN1C(=O)c1ccc(S(=O)(=O)N(C)C(C)C)cc1. The third kappa shape index (κ3) is 3.73. The van der Waals surface area contributed by atoms with E-state index in [9.17, 15) is 13.2 Å². The third-order valence-electron chi connectivity index (χ3n) is 4.27. The van der Waals surface area contributed by atoms with Gasteiger partial charge in [-0.25, -0.2) is 8.42 Å². The highest BCUT2D eigenvalue weighted by atomic mass is 32.2. The quantitative estimate of drug-likeness (QED) is 0.893. The fraction of sp³-hybridized carbons (Fsp3) is 0.562. The molecule has 0 radical (unpaired) electrons. The van der Waals surface area contributed by atoms with E-state index in [4.69, 9.17) is 0 Å². The lowest BCUT2D eigenvalue weighted by Crippen LogP contribution is -2.52. The molecule has 1 aliphatic rings. The lowest BCUT2D eigenvalue weighted by molar-refractivity contribution is 0.0655. The molecule has 1 aromatic rings. The number of hydrogen-bond acceptors (Lipinski definition) is 4. The van der Waals surface area contributed by atoms with E-state index in [2.05, 4.69) is 5.32 Å². The Morgan fingerprint density at radius 1 is 1.30 bits per heavy atom. The number of carbonyl (C=O) groups excluding carboxylic acids is 1. The van der Waals surface area contributed by atoms with Crippen LogP contribution in [0.2, 0.25) is 0 Å². The summed E-state index contributed by atoms with van der Waals surface area (Å²) < 4.78 is 26.2. The molecule has 1 saturated heterocycles. The van der Waals surface area contributed by atoms with Crippen LogP contribution in [0.5, 0.6) is 0 Å². The number of hydrogen-bond donors (Lipinski definition) is 1. The van der Waals surface area contributed by atoms with Crippen molar-refractivity contribution in [3.63, 3.8) is 0 Å². The van der Waals surface area contributed by atoms with Crippen molar-refractivity contribution in [1.29, 1.82) is 0 Å². The van der Waals surface area contributed by atoms with Crippen molar-refractivity contribution in [2.24, 2.45) is 0 Å². The average Bonchev–Trinajstić information content (AvgIpc) is 2.54. The third-order valence-corrected chi connectivity index (χ3v) is 6.32. The summed E-state index contributed by atoms with van der Waals surface area (Å²) in [6, 6.07) is 6.22. The van der Waals surface area contributed by atoms with Gasteiger partial charge in [-0.1, -0.05) is 0 Å². The maximum absolute atomic E-state index is 12.6. The Morgan fingerprint density at radius 2 is 1.91 bits per heavy atom. The first-order valence-corrected chi connectivity index (χ1v) is 9.29. The highest BCUT2D eigenvalue weighted by molar-refractivity contribution is 7.89. The van der Waals surface area contributed by atoms with E-state index in [1.807, 2.05) is 25.7 Å². The lowest BCUT2D eigenvalue weighted by Gasteiger charge is -2.34. The molecule has 0 spiro atoms. The van der Waals surface area contributed by atoms with Gasteiger partial charge in [0.05, 0.1) is 4.90 Å². The Balaban J connectivity index is 2.21. The summed E-state index contributed by atoms with van der Waals surface area (Å²) in [6.07, 6.45) is 0. The van der Waals surface area contributed by atoms with Crippen LogP contribution in [0.25, 0.3) is 0 Å². The Bertz CT molecular complexity index is 656.